The van der Waals surface area contributed by atoms with Gasteiger partial charge in [-0.3, -0.25) is 14.6 Å². The van der Waals surface area contributed by atoms with Crippen molar-refractivity contribution in [3.63, 3.8) is 0 Å². The topological polar surface area (TPSA) is 69.9 Å². The number of para-hydroxylation sites is 1. The van der Waals surface area contributed by atoms with Crippen LogP contribution in [0.1, 0.15) is 18.7 Å². The van der Waals surface area contributed by atoms with E-state index in [-0.39, 0.29) is 11.5 Å². The highest BCUT2D eigenvalue weighted by molar-refractivity contribution is 7.99. The Hall–Kier alpha value is -3.19. The van der Waals surface area contributed by atoms with E-state index < -0.39 is 6.17 Å². The Balaban J connectivity index is 2.03. The number of amides is 1. The van der Waals surface area contributed by atoms with E-state index in [2.05, 4.69) is 16.7 Å². The molecule has 0 radical (unpaired) electrons. The molecule has 6 nitrogen and oxygen atoms in total. The Morgan fingerprint density at radius 2 is 1.96 bits per heavy atom. The molecular formula is C21H19N4O2S+. The molecule has 140 valence electrons. The minimum Gasteiger partial charge on any atom is -0.291 e. The van der Waals surface area contributed by atoms with E-state index in [0.29, 0.717) is 27.9 Å². The fraction of sp³-hybridized carbons (Fsp3) is 0.143. The van der Waals surface area contributed by atoms with Crippen molar-refractivity contribution in [2.75, 3.05) is 10.7 Å². The fourth-order valence-corrected chi connectivity index (χ4v) is 4.03. The fourth-order valence-electron chi connectivity index (χ4n) is 3.44. The zero-order valence-corrected chi connectivity index (χ0v) is 16.1. The van der Waals surface area contributed by atoms with Crippen LogP contribution in [0.4, 0.5) is 5.69 Å². The molecule has 0 fully saturated rings. The summed E-state index contributed by atoms with van der Waals surface area (Å²) < 4.78 is 1.66. The molecule has 2 heterocycles. The molecule has 28 heavy (non-hydrogen) atoms. The molecule has 2 aromatic carbocycles. The Kier molecular flexibility index (Phi) is 4.83. The molecular weight excluding hydrogens is 372 g/mol. The molecule has 0 aliphatic carbocycles. The zero-order valence-electron chi connectivity index (χ0n) is 15.3. The van der Waals surface area contributed by atoms with E-state index in [4.69, 9.17) is 0 Å². The van der Waals surface area contributed by atoms with Gasteiger partial charge in [0.15, 0.2) is 0 Å². The first-order chi connectivity index (χ1) is 13.6. The Bertz CT molecular complexity index is 1110. The van der Waals surface area contributed by atoms with Crippen LogP contribution in [-0.2, 0) is 4.79 Å². The number of thioether (sulfide) groups is 1. The second-order valence-electron chi connectivity index (χ2n) is 6.34. The van der Waals surface area contributed by atoms with Gasteiger partial charge in [-0.15, -0.1) is 6.58 Å². The van der Waals surface area contributed by atoms with Gasteiger partial charge < -0.3 is 0 Å². The maximum Gasteiger partial charge on any atom is 0.325 e. The summed E-state index contributed by atoms with van der Waals surface area (Å²) in [5.74, 6) is 0.493. The van der Waals surface area contributed by atoms with Gasteiger partial charge in [-0.1, -0.05) is 60.3 Å². The lowest BCUT2D eigenvalue weighted by atomic mass is 10.0. The predicted octanol–water partition coefficient (Wildman–Crippen LogP) is 2.92. The molecule has 0 saturated carbocycles. The molecule has 1 aliphatic rings. The minimum absolute atomic E-state index is 0.123. The first-order valence-corrected chi connectivity index (χ1v) is 9.84. The van der Waals surface area contributed by atoms with Crippen molar-refractivity contribution in [1.29, 1.82) is 0 Å². The number of carbonyl (C=O) groups is 1. The van der Waals surface area contributed by atoms with Crippen LogP contribution < -0.4 is 15.1 Å². The summed E-state index contributed by atoms with van der Waals surface area (Å²) in [6, 6.07) is 17.0. The lowest BCUT2D eigenvalue weighted by Crippen LogP contribution is -2.60. The molecule has 3 aromatic rings. The Morgan fingerprint density at radius 3 is 2.68 bits per heavy atom. The van der Waals surface area contributed by atoms with Crippen molar-refractivity contribution < 1.29 is 9.48 Å². The minimum atomic E-state index is -0.547. The average molecular weight is 391 g/mol. The van der Waals surface area contributed by atoms with Crippen molar-refractivity contribution in [3.8, 4) is 11.3 Å². The number of rotatable bonds is 4. The number of anilines is 1. The van der Waals surface area contributed by atoms with Crippen LogP contribution in [0.5, 0.6) is 0 Å². The highest BCUT2D eigenvalue weighted by Crippen LogP contribution is 2.37. The van der Waals surface area contributed by atoms with Crippen LogP contribution in [0, 0.1) is 0 Å². The highest BCUT2D eigenvalue weighted by atomic mass is 32.2. The van der Waals surface area contributed by atoms with E-state index >= 15 is 0 Å². The molecule has 1 amide bonds. The van der Waals surface area contributed by atoms with Gasteiger partial charge in [-0.2, -0.15) is 0 Å². The van der Waals surface area contributed by atoms with Crippen molar-refractivity contribution in [3.05, 3.63) is 83.2 Å². The zero-order chi connectivity index (χ0) is 19.7. The normalized spacial score (nSPS) is 14.9. The highest BCUT2D eigenvalue weighted by Gasteiger charge is 2.44. The first kappa shape index (κ1) is 18.2. The summed E-state index contributed by atoms with van der Waals surface area (Å²) in [5.41, 5.74) is 2.45. The summed E-state index contributed by atoms with van der Waals surface area (Å²) in [6.45, 7) is 5.24. The van der Waals surface area contributed by atoms with Crippen LogP contribution in [0.2, 0.25) is 0 Å². The van der Waals surface area contributed by atoms with E-state index in [1.807, 2.05) is 54.6 Å². The van der Waals surface area contributed by atoms with E-state index in [0.717, 1.165) is 5.56 Å². The van der Waals surface area contributed by atoms with Gasteiger partial charge in [0.05, 0.1) is 11.3 Å². The summed E-state index contributed by atoms with van der Waals surface area (Å²) in [4.78, 5) is 30.2. The van der Waals surface area contributed by atoms with Crippen LogP contribution in [-0.4, -0.2) is 21.7 Å². The number of nitrogens with zero attached hydrogens (tertiary/aromatic N) is 3. The van der Waals surface area contributed by atoms with E-state index in [9.17, 15) is 9.59 Å². The molecule has 1 N–H and O–H groups in total. The molecule has 0 bridgehead atoms. The summed E-state index contributed by atoms with van der Waals surface area (Å²) in [6.07, 6.45) is 1.20. The molecule has 1 atom stereocenters. The number of nitrogens with one attached hydrogen (secondary N) is 1. The second kappa shape index (κ2) is 7.44. The Labute approximate surface area is 166 Å². The maximum absolute atomic E-state index is 13.0. The quantitative estimate of drug-likeness (QED) is 0.422. The van der Waals surface area contributed by atoms with Crippen LogP contribution >= 0.6 is 11.8 Å². The summed E-state index contributed by atoms with van der Waals surface area (Å²) >= 11 is 1.39. The molecule has 7 heteroatoms. The average Bonchev–Trinajstić information content (AvgIpc) is 2.71. The van der Waals surface area contributed by atoms with Gasteiger partial charge in [0.2, 0.25) is 11.1 Å². The number of aromatic nitrogens is 3. The number of benzene rings is 2. The van der Waals surface area contributed by atoms with Crippen LogP contribution in [0.3, 0.4) is 0 Å². The van der Waals surface area contributed by atoms with E-state index in [1.165, 1.54) is 18.7 Å². The molecule has 0 saturated heterocycles. The predicted molar refractivity (Wildman–Crippen MR) is 109 cm³/mol. The molecule has 1 aromatic heterocycles. The van der Waals surface area contributed by atoms with Crippen molar-refractivity contribution in [1.82, 2.24) is 10.1 Å². The number of hydrogen-bond donors (Lipinski definition) is 1. The summed E-state index contributed by atoms with van der Waals surface area (Å²) in [7, 11) is 0. The van der Waals surface area contributed by atoms with Gasteiger partial charge in [0.1, 0.15) is 0 Å². The molecule has 4 rings (SSSR count). The lowest BCUT2D eigenvalue weighted by molar-refractivity contribution is -0.763. The first-order valence-electron chi connectivity index (χ1n) is 8.86. The van der Waals surface area contributed by atoms with Crippen LogP contribution in [0.25, 0.3) is 11.3 Å². The third kappa shape index (κ3) is 3.03. The Morgan fingerprint density at radius 1 is 1.25 bits per heavy atom. The smallest absolute Gasteiger partial charge is 0.291 e. The van der Waals surface area contributed by atoms with Gasteiger partial charge in [0.25, 0.3) is 6.17 Å². The largest absolute Gasteiger partial charge is 0.325 e. The third-order valence-electron chi connectivity index (χ3n) is 4.53. The third-order valence-corrected chi connectivity index (χ3v) is 5.39. The van der Waals surface area contributed by atoms with Gasteiger partial charge >= 0.3 is 11.3 Å². The number of H-pyrrole nitrogens is 1. The summed E-state index contributed by atoms with van der Waals surface area (Å²) in [5, 5.41) is 5.17. The number of hydrogen-bond acceptors (Lipinski definition) is 4. The van der Waals surface area contributed by atoms with E-state index in [1.54, 1.807) is 15.7 Å². The van der Waals surface area contributed by atoms with Gasteiger partial charge in [0, 0.05) is 23.3 Å². The monoisotopic (exact) mass is 391 g/mol. The standard InChI is InChI=1S/C21H18N4O2S/c1-3-13-28-21-22-19(27)18-16-11-7-8-12-17(16)24(14(2)26)20(25(18)23-21)15-9-5-4-6-10-15/h3-12,20H,1,13H2,2H3/p+1/t20-/m1/s1. The molecule has 0 spiro atoms. The number of carbonyl (C=O) groups excluding carboxylic acids is 1. The SMILES string of the molecule is C=CCSc1n[n+]2c(c(=O)[nH]1)-c1ccccc1N(C(C)=O)[C@H]2c1ccccc1. The molecule has 0 unspecified atom stereocenters. The van der Waals surface area contributed by atoms with Crippen molar-refractivity contribution >= 4 is 23.4 Å². The number of aromatic amines is 1. The van der Waals surface area contributed by atoms with Crippen molar-refractivity contribution in [2.24, 2.45) is 0 Å². The van der Waals surface area contributed by atoms with Gasteiger partial charge in [-0.05, 0) is 16.8 Å². The van der Waals surface area contributed by atoms with Crippen LogP contribution in [0.15, 0.2) is 77.2 Å². The lowest BCUT2D eigenvalue weighted by Gasteiger charge is -2.31. The number of fused-ring (bicyclic) bond motifs is 3. The van der Waals surface area contributed by atoms with Crippen molar-refractivity contribution in [2.45, 2.75) is 18.2 Å². The second-order valence-corrected chi connectivity index (χ2v) is 7.35. The maximum atomic E-state index is 13.0. The van der Waals surface area contributed by atoms with Gasteiger partial charge in [-0.25, -0.2) is 4.90 Å². The molecule has 1 aliphatic heterocycles.